The molecule has 142 valence electrons. The number of amides is 1. The summed E-state index contributed by atoms with van der Waals surface area (Å²) >= 11 is 6.23. The first kappa shape index (κ1) is 18.2. The summed E-state index contributed by atoms with van der Waals surface area (Å²) < 4.78 is 3.57. The van der Waals surface area contributed by atoms with Gasteiger partial charge in [0, 0.05) is 41.6 Å². The number of hydrogen-bond donors (Lipinski definition) is 1. The zero-order chi connectivity index (χ0) is 19.3. The molecule has 0 spiro atoms. The van der Waals surface area contributed by atoms with Crippen LogP contribution >= 0.6 is 11.6 Å². The molecule has 0 radical (unpaired) electrons. The zero-order valence-corrected chi connectivity index (χ0v) is 15.8. The summed E-state index contributed by atoms with van der Waals surface area (Å²) in [7, 11) is 0. The third-order valence-corrected chi connectivity index (χ3v) is 5.00. The molecule has 4 rings (SSSR count). The van der Waals surface area contributed by atoms with Gasteiger partial charge in [-0.1, -0.05) is 48.0 Å². The van der Waals surface area contributed by atoms with Crippen LogP contribution in [0.1, 0.15) is 11.6 Å². The topological polar surface area (TPSA) is 77.6 Å². The van der Waals surface area contributed by atoms with Crippen LogP contribution in [0.25, 0.3) is 10.9 Å². The van der Waals surface area contributed by atoms with Crippen LogP contribution in [0, 0.1) is 0 Å². The Morgan fingerprint density at radius 1 is 1.11 bits per heavy atom. The number of rotatable bonds is 7. The van der Waals surface area contributed by atoms with Crippen molar-refractivity contribution in [2.45, 2.75) is 19.0 Å². The van der Waals surface area contributed by atoms with E-state index in [9.17, 15) is 4.79 Å². The van der Waals surface area contributed by atoms with Gasteiger partial charge in [0.25, 0.3) is 0 Å². The standard InChI is InChI=1S/C20H19ClN6O/c21-17-7-4-8-18-16(17)9-11-26(18)12-10-22-20(28)19(27-14-23-24-25-27)13-15-5-2-1-3-6-15/h1-9,11,14,19H,10,12-13H2,(H,22,28)/t19-/m0/s1. The van der Waals surface area contributed by atoms with Gasteiger partial charge in [-0.2, -0.15) is 0 Å². The summed E-state index contributed by atoms with van der Waals surface area (Å²) in [5, 5.41) is 16.0. The summed E-state index contributed by atoms with van der Waals surface area (Å²) in [6.45, 7) is 1.13. The van der Waals surface area contributed by atoms with Crippen LogP contribution in [0.5, 0.6) is 0 Å². The molecule has 0 saturated carbocycles. The van der Waals surface area contributed by atoms with Gasteiger partial charge in [-0.05, 0) is 34.2 Å². The Morgan fingerprint density at radius 3 is 2.75 bits per heavy atom. The SMILES string of the molecule is O=C(NCCn1ccc2c(Cl)cccc21)[C@H](Cc1ccccc1)n1cnnn1. The lowest BCUT2D eigenvalue weighted by molar-refractivity contribution is -0.124. The van der Waals surface area contributed by atoms with E-state index in [1.54, 1.807) is 0 Å². The molecule has 7 nitrogen and oxygen atoms in total. The minimum absolute atomic E-state index is 0.120. The van der Waals surface area contributed by atoms with Gasteiger partial charge in [0.15, 0.2) is 0 Å². The monoisotopic (exact) mass is 394 g/mol. The van der Waals surface area contributed by atoms with Crippen LogP contribution < -0.4 is 5.32 Å². The molecule has 0 saturated heterocycles. The number of carbonyl (C=O) groups excluding carboxylic acids is 1. The minimum Gasteiger partial charge on any atom is -0.352 e. The lowest BCUT2D eigenvalue weighted by Gasteiger charge is -2.17. The average Bonchev–Trinajstić information content (AvgIpc) is 3.38. The van der Waals surface area contributed by atoms with Crippen molar-refractivity contribution in [1.82, 2.24) is 30.1 Å². The van der Waals surface area contributed by atoms with E-state index < -0.39 is 6.04 Å². The number of hydrogen-bond acceptors (Lipinski definition) is 4. The van der Waals surface area contributed by atoms with Crippen LogP contribution in [-0.4, -0.2) is 37.2 Å². The average molecular weight is 395 g/mol. The van der Waals surface area contributed by atoms with E-state index in [0.717, 1.165) is 21.5 Å². The molecule has 0 aliphatic carbocycles. The number of halogens is 1. The normalized spacial score (nSPS) is 12.2. The lowest BCUT2D eigenvalue weighted by Crippen LogP contribution is -2.36. The number of nitrogens with one attached hydrogen (secondary N) is 1. The molecule has 0 bridgehead atoms. The zero-order valence-electron chi connectivity index (χ0n) is 15.1. The number of benzene rings is 2. The maximum atomic E-state index is 12.8. The number of tetrazole rings is 1. The number of carbonyl (C=O) groups is 1. The third kappa shape index (κ3) is 3.89. The smallest absolute Gasteiger partial charge is 0.245 e. The fourth-order valence-electron chi connectivity index (χ4n) is 3.25. The summed E-state index contributed by atoms with van der Waals surface area (Å²) in [6, 6.07) is 17.1. The highest BCUT2D eigenvalue weighted by molar-refractivity contribution is 6.35. The summed E-state index contributed by atoms with van der Waals surface area (Å²) in [5.41, 5.74) is 2.09. The lowest BCUT2D eigenvalue weighted by atomic mass is 10.1. The Bertz CT molecular complexity index is 1060. The Kier molecular flexibility index (Phi) is 5.34. The van der Waals surface area contributed by atoms with Gasteiger partial charge < -0.3 is 9.88 Å². The first-order valence-corrected chi connectivity index (χ1v) is 9.37. The highest BCUT2D eigenvalue weighted by atomic mass is 35.5. The molecule has 0 unspecified atom stereocenters. The fourth-order valence-corrected chi connectivity index (χ4v) is 3.49. The van der Waals surface area contributed by atoms with Crippen molar-refractivity contribution in [2.24, 2.45) is 0 Å². The Morgan fingerprint density at radius 2 is 1.96 bits per heavy atom. The molecule has 0 fully saturated rings. The van der Waals surface area contributed by atoms with Gasteiger partial charge >= 0.3 is 0 Å². The molecular weight excluding hydrogens is 376 g/mol. The molecular formula is C20H19ClN6O. The largest absolute Gasteiger partial charge is 0.352 e. The van der Waals surface area contributed by atoms with E-state index in [0.29, 0.717) is 19.5 Å². The van der Waals surface area contributed by atoms with E-state index in [-0.39, 0.29) is 5.91 Å². The van der Waals surface area contributed by atoms with Crippen LogP contribution in [0.2, 0.25) is 5.02 Å². The first-order valence-electron chi connectivity index (χ1n) is 9.00. The molecule has 0 aliphatic heterocycles. The molecule has 2 aromatic heterocycles. The Hall–Kier alpha value is -3.19. The highest BCUT2D eigenvalue weighted by Gasteiger charge is 2.22. The second-order valence-electron chi connectivity index (χ2n) is 6.47. The third-order valence-electron chi connectivity index (χ3n) is 4.67. The molecule has 0 aliphatic rings. The van der Waals surface area contributed by atoms with Crippen molar-refractivity contribution in [3.63, 3.8) is 0 Å². The first-order chi connectivity index (χ1) is 13.7. The molecule has 28 heavy (non-hydrogen) atoms. The van der Waals surface area contributed by atoms with Crippen molar-refractivity contribution in [3.05, 3.63) is 77.7 Å². The highest BCUT2D eigenvalue weighted by Crippen LogP contribution is 2.24. The van der Waals surface area contributed by atoms with E-state index >= 15 is 0 Å². The van der Waals surface area contributed by atoms with E-state index in [1.165, 1.54) is 11.0 Å². The molecule has 2 aromatic carbocycles. The van der Waals surface area contributed by atoms with Gasteiger partial charge in [-0.3, -0.25) is 4.79 Å². The van der Waals surface area contributed by atoms with Gasteiger partial charge in [0.05, 0.1) is 0 Å². The second kappa shape index (κ2) is 8.22. The number of fused-ring (bicyclic) bond motifs is 1. The number of nitrogens with zero attached hydrogens (tertiary/aromatic N) is 5. The molecule has 4 aromatic rings. The van der Waals surface area contributed by atoms with Crippen LogP contribution in [-0.2, 0) is 17.8 Å². The van der Waals surface area contributed by atoms with Crippen molar-refractivity contribution in [1.29, 1.82) is 0 Å². The number of aromatic nitrogens is 5. The maximum Gasteiger partial charge on any atom is 0.245 e. The van der Waals surface area contributed by atoms with Crippen LogP contribution in [0.4, 0.5) is 0 Å². The summed E-state index contributed by atoms with van der Waals surface area (Å²) in [4.78, 5) is 12.8. The van der Waals surface area contributed by atoms with E-state index in [2.05, 4.69) is 25.4 Å². The molecule has 2 heterocycles. The Balaban J connectivity index is 1.43. The molecule has 1 N–H and O–H groups in total. The van der Waals surface area contributed by atoms with Crippen LogP contribution in [0.15, 0.2) is 67.1 Å². The van der Waals surface area contributed by atoms with Crippen molar-refractivity contribution in [2.75, 3.05) is 6.54 Å². The van der Waals surface area contributed by atoms with Gasteiger partial charge in [0.1, 0.15) is 12.4 Å². The predicted octanol–water partition coefficient (Wildman–Crippen LogP) is 2.88. The van der Waals surface area contributed by atoms with Crippen molar-refractivity contribution >= 4 is 28.4 Å². The molecule has 8 heteroatoms. The Labute approximate surface area is 166 Å². The minimum atomic E-state index is -0.506. The fraction of sp³-hybridized carbons (Fsp3) is 0.200. The van der Waals surface area contributed by atoms with E-state index in [1.807, 2.05) is 60.8 Å². The molecule has 1 amide bonds. The van der Waals surface area contributed by atoms with Gasteiger partial charge in [-0.15, -0.1) is 5.10 Å². The van der Waals surface area contributed by atoms with Crippen molar-refractivity contribution in [3.8, 4) is 0 Å². The van der Waals surface area contributed by atoms with Gasteiger partial charge in [0.2, 0.25) is 5.91 Å². The second-order valence-corrected chi connectivity index (χ2v) is 6.88. The van der Waals surface area contributed by atoms with E-state index in [4.69, 9.17) is 11.6 Å². The van der Waals surface area contributed by atoms with Crippen LogP contribution in [0.3, 0.4) is 0 Å². The van der Waals surface area contributed by atoms with Gasteiger partial charge in [-0.25, -0.2) is 4.68 Å². The van der Waals surface area contributed by atoms with Crippen molar-refractivity contribution < 1.29 is 4.79 Å². The summed E-state index contributed by atoms with van der Waals surface area (Å²) in [5.74, 6) is -0.120. The molecule has 1 atom stereocenters. The maximum absolute atomic E-state index is 12.8. The quantitative estimate of drug-likeness (QED) is 0.523. The summed E-state index contributed by atoms with van der Waals surface area (Å²) in [6.07, 6.45) is 3.96. The predicted molar refractivity (Wildman–Crippen MR) is 107 cm³/mol.